The summed E-state index contributed by atoms with van der Waals surface area (Å²) in [7, 11) is 0. The van der Waals surface area contributed by atoms with Gasteiger partial charge >= 0.3 is 0 Å². The van der Waals surface area contributed by atoms with Gasteiger partial charge in [-0.2, -0.15) is 5.26 Å². The van der Waals surface area contributed by atoms with Crippen LogP contribution in [0.5, 0.6) is 0 Å². The third kappa shape index (κ3) is 3.62. The van der Waals surface area contributed by atoms with Gasteiger partial charge in [-0.3, -0.25) is 4.99 Å². The van der Waals surface area contributed by atoms with Crippen molar-refractivity contribution in [1.82, 2.24) is 0 Å². The fourth-order valence-electron chi connectivity index (χ4n) is 0.530. The van der Waals surface area contributed by atoms with Crippen LogP contribution < -0.4 is 0 Å². The van der Waals surface area contributed by atoms with Crippen LogP contribution in [0.15, 0.2) is 29.4 Å². The Balaban J connectivity index is 4.13. The maximum atomic E-state index is 8.29. The summed E-state index contributed by atoms with van der Waals surface area (Å²) < 4.78 is 0. The predicted octanol–water partition coefficient (Wildman–Crippen LogP) is 2.06. The van der Waals surface area contributed by atoms with Gasteiger partial charge in [0, 0.05) is 6.21 Å². The van der Waals surface area contributed by atoms with E-state index in [1.165, 1.54) is 0 Å². The van der Waals surface area contributed by atoms with Crippen molar-refractivity contribution in [2.45, 2.75) is 13.3 Å². The van der Waals surface area contributed by atoms with Gasteiger partial charge in [0.1, 0.15) is 0 Å². The van der Waals surface area contributed by atoms with Crippen LogP contribution in [0.4, 0.5) is 0 Å². The molecule has 0 bridgehead atoms. The molecule has 0 atom stereocenters. The van der Waals surface area contributed by atoms with E-state index >= 15 is 0 Å². The van der Waals surface area contributed by atoms with Crippen molar-refractivity contribution in [3.8, 4) is 6.07 Å². The van der Waals surface area contributed by atoms with Crippen molar-refractivity contribution in [3.63, 3.8) is 0 Å². The lowest BCUT2D eigenvalue weighted by Crippen LogP contribution is -1.75. The van der Waals surface area contributed by atoms with Crippen molar-refractivity contribution in [2.75, 3.05) is 0 Å². The average molecular weight is 134 g/mol. The second-order valence-corrected chi connectivity index (χ2v) is 1.62. The van der Waals surface area contributed by atoms with Crippen LogP contribution in [-0.2, 0) is 0 Å². The highest BCUT2D eigenvalue weighted by atomic mass is 14.7. The monoisotopic (exact) mass is 134 g/mol. The van der Waals surface area contributed by atoms with Gasteiger partial charge in [0.15, 0.2) is 0 Å². The molecule has 0 aliphatic carbocycles. The quantitative estimate of drug-likeness (QED) is 0.430. The molecule has 0 spiro atoms. The molecule has 0 saturated heterocycles. The second kappa shape index (κ2) is 5.77. The minimum Gasteiger partial charge on any atom is -0.265 e. The molecule has 0 heterocycles. The van der Waals surface area contributed by atoms with Gasteiger partial charge in [-0.05, 0) is 13.0 Å². The molecule has 0 rings (SSSR count). The van der Waals surface area contributed by atoms with Crippen LogP contribution in [0.25, 0.3) is 0 Å². The Morgan fingerprint density at radius 1 is 1.80 bits per heavy atom. The van der Waals surface area contributed by atoms with Gasteiger partial charge in [0.25, 0.3) is 0 Å². The number of allylic oxidation sites excluding steroid dienone is 3. The number of rotatable bonds is 3. The fraction of sp³-hybridized carbons (Fsp3) is 0.250. The third-order valence-corrected chi connectivity index (χ3v) is 0.865. The summed E-state index contributed by atoms with van der Waals surface area (Å²) >= 11 is 0. The van der Waals surface area contributed by atoms with Gasteiger partial charge in [-0.25, -0.2) is 0 Å². The summed E-state index contributed by atoms with van der Waals surface area (Å²) in [5.41, 5.74) is 0.750. The zero-order valence-electron chi connectivity index (χ0n) is 6.04. The van der Waals surface area contributed by atoms with Crippen molar-refractivity contribution >= 4 is 6.21 Å². The molecule has 0 aliphatic heterocycles. The average Bonchev–Trinajstić information content (AvgIpc) is 1.90. The summed E-state index contributed by atoms with van der Waals surface area (Å²) in [4.78, 5) is 3.95. The minimum absolute atomic E-state index is 0.344. The number of hydrogen-bond acceptors (Lipinski definition) is 2. The molecule has 0 saturated carbocycles. The summed E-state index contributed by atoms with van der Waals surface area (Å²) in [5, 5.41) is 8.29. The first-order chi connectivity index (χ1) is 4.85. The molecule has 2 heteroatoms. The molecule has 52 valence electrons. The highest BCUT2D eigenvalue weighted by molar-refractivity contribution is 5.55. The van der Waals surface area contributed by atoms with Crippen molar-refractivity contribution in [1.29, 1.82) is 5.26 Å². The van der Waals surface area contributed by atoms with Gasteiger partial charge in [0.05, 0.1) is 18.2 Å². The molecule has 0 aromatic rings. The number of nitrogens with zero attached hydrogens (tertiary/aromatic N) is 2. The zero-order chi connectivity index (χ0) is 7.82. The molecule has 0 N–H and O–H groups in total. The van der Waals surface area contributed by atoms with E-state index in [0.717, 1.165) is 5.70 Å². The maximum Gasteiger partial charge on any atom is 0.0774 e. The molecular weight excluding hydrogens is 124 g/mol. The lowest BCUT2D eigenvalue weighted by molar-refractivity contribution is 1.17. The molecular formula is C8H10N2. The Hall–Kier alpha value is -1.36. The van der Waals surface area contributed by atoms with Gasteiger partial charge in [-0.1, -0.05) is 12.7 Å². The highest BCUT2D eigenvalue weighted by Gasteiger charge is 1.87. The Morgan fingerprint density at radius 3 is 2.90 bits per heavy atom. The molecule has 0 aromatic carbocycles. The highest BCUT2D eigenvalue weighted by Crippen LogP contribution is 2.00. The first-order valence-electron chi connectivity index (χ1n) is 3.02. The first kappa shape index (κ1) is 8.64. The van der Waals surface area contributed by atoms with Crippen LogP contribution in [0.3, 0.4) is 0 Å². The number of nitriles is 1. The summed E-state index contributed by atoms with van der Waals surface area (Å²) in [6.07, 6.45) is 5.35. The SMILES string of the molecule is C=C/C=C(/CC#N)N=CC. The zero-order valence-corrected chi connectivity index (χ0v) is 6.04. The maximum absolute atomic E-state index is 8.29. The van der Waals surface area contributed by atoms with E-state index in [1.54, 1.807) is 18.4 Å². The molecule has 10 heavy (non-hydrogen) atoms. The molecule has 0 amide bonds. The van der Waals surface area contributed by atoms with Crippen LogP contribution in [-0.4, -0.2) is 6.21 Å². The predicted molar refractivity (Wildman–Crippen MR) is 42.7 cm³/mol. The summed E-state index contributed by atoms with van der Waals surface area (Å²) in [6, 6.07) is 2.01. The van der Waals surface area contributed by atoms with Crippen LogP contribution >= 0.6 is 0 Å². The smallest absolute Gasteiger partial charge is 0.0774 e. The number of hydrogen-bond donors (Lipinski definition) is 0. The van der Waals surface area contributed by atoms with E-state index < -0.39 is 0 Å². The van der Waals surface area contributed by atoms with E-state index in [2.05, 4.69) is 11.6 Å². The lowest BCUT2D eigenvalue weighted by Gasteiger charge is -1.88. The third-order valence-electron chi connectivity index (χ3n) is 0.865. The minimum atomic E-state index is 0.344. The van der Waals surface area contributed by atoms with E-state index in [-0.39, 0.29) is 0 Å². The van der Waals surface area contributed by atoms with Crippen molar-refractivity contribution in [2.24, 2.45) is 4.99 Å². The largest absolute Gasteiger partial charge is 0.265 e. The van der Waals surface area contributed by atoms with Crippen LogP contribution in [0, 0.1) is 11.3 Å². The number of aliphatic imine (C=N–C) groups is 1. The Labute approximate surface area is 61.2 Å². The molecule has 0 aliphatic rings. The molecule has 2 nitrogen and oxygen atoms in total. The Kier molecular flexibility index (Phi) is 4.99. The molecule has 0 aromatic heterocycles. The van der Waals surface area contributed by atoms with E-state index in [4.69, 9.17) is 5.26 Å². The first-order valence-corrected chi connectivity index (χ1v) is 3.02. The van der Waals surface area contributed by atoms with Crippen molar-refractivity contribution < 1.29 is 0 Å². The van der Waals surface area contributed by atoms with Gasteiger partial charge in [-0.15, -0.1) is 0 Å². The molecule has 0 radical (unpaired) electrons. The topological polar surface area (TPSA) is 36.1 Å². The van der Waals surface area contributed by atoms with Crippen LogP contribution in [0.2, 0.25) is 0 Å². The Bertz CT molecular complexity index is 194. The van der Waals surface area contributed by atoms with Gasteiger partial charge in [0.2, 0.25) is 0 Å². The van der Waals surface area contributed by atoms with Crippen molar-refractivity contribution in [3.05, 3.63) is 24.4 Å². The fourth-order valence-corrected chi connectivity index (χ4v) is 0.530. The van der Waals surface area contributed by atoms with E-state index in [9.17, 15) is 0 Å². The summed E-state index contributed by atoms with van der Waals surface area (Å²) in [5.74, 6) is 0. The van der Waals surface area contributed by atoms with E-state index in [0.29, 0.717) is 6.42 Å². The standard InChI is InChI=1S/C8H10N2/c1-3-5-8(6-7-9)10-4-2/h3-5H,1,6H2,2H3/b8-5-,10-4?. The van der Waals surface area contributed by atoms with E-state index in [1.807, 2.05) is 13.0 Å². The summed E-state index contributed by atoms with van der Waals surface area (Å²) in [6.45, 7) is 5.32. The second-order valence-electron chi connectivity index (χ2n) is 1.62. The lowest BCUT2D eigenvalue weighted by atomic mass is 10.3. The van der Waals surface area contributed by atoms with Gasteiger partial charge < -0.3 is 0 Å². The molecule has 0 fully saturated rings. The van der Waals surface area contributed by atoms with Crippen LogP contribution in [0.1, 0.15) is 13.3 Å². The molecule has 0 unspecified atom stereocenters. The Morgan fingerprint density at radius 2 is 2.50 bits per heavy atom. The normalized spacial score (nSPS) is 11.4.